The van der Waals surface area contributed by atoms with E-state index in [0.29, 0.717) is 25.3 Å². The molecule has 0 heterocycles. The van der Waals surface area contributed by atoms with Crippen LogP contribution in [-0.4, -0.2) is 27.2 Å². The highest BCUT2D eigenvalue weighted by atomic mass is 19.2. The molecule has 2 N–H and O–H groups in total. The first kappa shape index (κ1) is 12.7. The molecule has 3 nitrogen and oxygen atoms in total. The van der Waals surface area contributed by atoms with E-state index in [-0.39, 0.29) is 5.69 Å². The van der Waals surface area contributed by atoms with E-state index in [0.717, 1.165) is 6.07 Å². The Morgan fingerprint density at radius 2 is 2.00 bits per heavy atom. The first-order valence-corrected chi connectivity index (χ1v) is 5.06. The van der Waals surface area contributed by atoms with Crippen LogP contribution in [-0.2, 0) is 0 Å². The van der Waals surface area contributed by atoms with Gasteiger partial charge in [-0.1, -0.05) is 0 Å². The van der Waals surface area contributed by atoms with Crippen LogP contribution in [0.15, 0.2) is 12.1 Å². The Labute approximate surface area is 93.8 Å². The van der Waals surface area contributed by atoms with Crippen molar-refractivity contribution in [3.63, 3.8) is 0 Å². The van der Waals surface area contributed by atoms with Gasteiger partial charge >= 0.3 is 0 Å². The third-order valence-electron chi connectivity index (χ3n) is 2.09. The van der Waals surface area contributed by atoms with Crippen LogP contribution >= 0.6 is 0 Å². The fourth-order valence-electron chi connectivity index (χ4n) is 1.32. The lowest BCUT2D eigenvalue weighted by molar-refractivity contribution is 0.311. The molecule has 0 aliphatic rings. The summed E-state index contributed by atoms with van der Waals surface area (Å²) >= 11 is 0. The maximum atomic E-state index is 13.5. The normalized spacial score (nSPS) is 10.3. The van der Waals surface area contributed by atoms with Crippen LogP contribution in [0.5, 0.6) is 5.75 Å². The van der Waals surface area contributed by atoms with Gasteiger partial charge in [-0.15, -0.1) is 0 Å². The standard InChI is InChI=1S/C11H16F2N2O/c1-15(2)11-9(16-7-3-6-14)5-4-8(12)10(11)13/h4-5H,3,6-7,14H2,1-2H3. The first-order valence-electron chi connectivity index (χ1n) is 5.06. The molecule has 0 atom stereocenters. The largest absolute Gasteiger partial charge is 0.491 e. The van der Waals surface area contributed by atoms with Crippen LogP contribution in [0, 0.1) is 11.6 Å². The molecule has 0 spiro atoms. The second kappa shape index (κ2) is 5.65. The van der Waals surface area contributed by atoms with Crippen molar-refractivity contribution >= 4 is 5.69 Å². The minimum atomic E-state index is -0.893. The zero-order chi connectivity index (χ0) is 12.1. The summed E-state index contributed by atoms with van der Waals surface area (Å²) in [6.07, 6.45) is 0.672. The van der Waals surface area contributed by atoms with Crippen LogP contribution < -0.4 is 15.4 Å². The number of benzene rings is 1. The average molecular weight is 230 g/mol. The molecule has 16 heavy (non-hydrogen) atoms. The van der Waals surface area contributed by atoms with Crippen molar-refractivity contribution < 1.29 is 13.5 Å². The Balaban J connectivity index is 2.94. The van der Waals surface area contributed by atoms with Crippen molar-refractivity contribution in [3.05, 3.63) is 23.8 Å². The molecule has 5 heteroatoms. The molecular weight excluding hydrogens is 214 g/mol. The van der Waals surface area contributed by atoms with Crippen LogP contribution in [0.25, 0.3) is 0 Å². The lowest BCUT2D eigenvalue weighted by Gasteiger charge is -2.18. The molecule has 1 aromatic carbocycles. The number of ether oxygens (including phenoxy) is 1. The summed E-state index contributed by atoms with van der Waals surface area (Å²) in [6.45, 7) is 0.892. The van der Waals surface area contributed by atoms with E-state index in [2.05, 4.69) is 0 Å². The first-order chi connectivity index (χ1) is 7.57. The van der Waals surface area contributed by atoms with Crippen molar-refractivity contribution in [2.45, 2.75) is 6.42 Å². The van der Waals surface area contributed by atoms with Gasteiger partial charge in [0.1, 0.15) is 11.4 Å². The Bertz CT molecular complexity index is 356. The summed E-state index contributed by atoms with van der Waals surface area (Å²) in [6, 6.07) is 2.48. The van der Waals surface area contributed by atoms with Crippen molar-refractivity contribution in [2.24, 2.45) is 5.73 Å². The van der Waals surface area contributed by atoms with Crippen LogP contribution in [0.1, 0.15) is 6.42 Å². The number of anilines is 1. The quantitative estimate of drug-likeness (QED) is 0.783. The molecule has 0 radical (unpaired) electrons. The van der Waals surface area contributed by atoms with Gasteiger partial charge in [0.25, 0.3) is 0 Å². The van der Waals surface area contributed by atoms with Gasteiger partial charge in [0.2, 0.25) is 0 Å². The summed E-state index contributed by atoms with van der Waals surface area (Å²) in [5, 5.41) is 0. The second-order valence-corrected chi connectivity index (χ2v) is 3.59. The van der Waals surface area contributed by atoms with Crippen molar-refractivity contribution in [2.75, 3.05) is 32.1 Å². The van der Waals surface area contributed by atoms with Gasteiger partial charge in [0.15, 0.2) is 11.6 Å². The molecule has 0 aliphatic heterocycles. The average Bonchev–Trinajstić information content (AvgIpc) is 2.23. The summed E-state index contributed by atoms with van der Waals surface area (Å²) < 4.78 is 31.9. The summed E-state index contributed by atoms with van der Waals surface area (Å²) in [7, 11) is 3.27. The molecular formula is C11H16F2N2O. The number of nitrogens with zero attached hydrogens (tertiary/aromatic N) is 1. The summed E-state index contributed by atoms with van der Waals surface area (Å²) in [5.74, 6) is -1.44. The topological polar surface area (TPSA) is 38.5 Å². The van der Waals surface area contributed by atoms with Gasteiger partial charge < -0.3 is 15.4 Å². The molecule has 1 rings (SSSR count). The Morgan fingerprint density at radius 1 is 1.31 bits per heavy atom. The number of hydrogen-bond acceptors (Lipinski definition) is 3. The lowest BCUT2D eigenvalue weighted by atomic mass is 10.2. The molecule has 0 fully saturated rings. The minimum absolute atomic E-state index is 0.122. The predicted octanol–water partition coefficient (Wildman–Crippen LogP) is 1.76. The van der Waals surface area contributed by atoms with E-state index >= 15 is 0 Å². The minimum Gasteiger partial charge on any atom is -0.491 e. The summed E-state index contributed by atoms with van der Waals surface area (Å²) in [5.41, 5.74) is 5.44. The highest BCUT2D eigenvalue weighted by Gasteiger charge is 2.16. The Kier molecular flexibility index (Phi) is 4.49. The van der Waals surface area contributed by atoms with Gasteiger partial charge in [-0.25, -0.2) is 8.78 Å². The maximum absolute atomic E-state index is 13.5. The zero-order valence-electron chi connectivity index (χ0n) is 9.46. The van der Waals surface area contributed by atoms with E-state index in [9.17, 15) is 8.78 Å². The number of nitrogens with two attached hydrogens (primary N) is 1. The van der Waals surface area contributed by atoms with E-state index in [1.54, 1.807) is 14.1 Å². The molecule has 0 unspecified atom stereocenters. The summed E-state index contributed by atoms with van der Waals surface area (Å²) in [4.78, 5) is 1.48. The lowest BCUT2D eigenvalue weighted by Crippen LogP contribution is -2.15. The molecule has 0 saturated heterocycles. The van der Waals surface area contributed by atoms with Gasteiger partial charge in [0.05, 0.1) is 6.61 Å². The van der Waals surface area contributed by atoms with Gasteiger partial charge in [-0.05, 0) is 25.1 Å². The monoisotopic (exact) mass is 230 g/mol. The zero-order valence-corrected chi connectivity index (χ0v) is 9.46. The molecule has 0 amide bonds. The van der Waals surface area contributed by atoms with Crippen LogP contribution in [0.4, 0.5) is 14.5 Å². The molecule has 90 valence electrons. The molecule has 0 saturated carbocycles. The van der Waals surface area contributed by atoms with E-state index in [4.69, 9.17) is 10.5 Å². The predicted molar refractivity (Wildman–Crippen MR) is 59.9 cm³/mol. The van der Waals surface area contributed by atoms with Crippen LogP contribution in [0.3, 0.4) is 0 Å². The third kappa shape index (κ3) is 2.82. The van der Waals surface area contributed by atoms with E-state index < -0.39 is 11.6 Å². The highest BCUT2D eigenvalue weighted by molar-refractivity contribution is 5.58. The molecule has 1 aromatic rings. The number of rotatable bonds is 5. The van der Waals surface area contributed by atoms with Crippen molar-refractivity contribution in [1.29, 1.82) is 0 Å². The second-order valence-electron chi connectivity index (χ2n) is 3.59. The fourth-order valence-corrected chi connectivity index (χ4v) is 1.32. The molecule has 0 aliphatic carbocycles. The van der Waals surface area contributed by atoms with Gasteiger partial charge in [-0.2, -0.15) is 0 Å². The van der Waals surface area contributed by atoms with Gasteiger partial charge in [-0.3, -0.25) is 0 Å². The van der Waals surface area contributed by atoms with Crippen molar-refractivity contribution in [1.82, 2.24) is 0 Å². The van der Waals surface area contributed by atoms with E-state index in [1.807, 2.05) is 0 Å². The van der Waals surface area contributed by atoms with E-state index in [1.165, 1.54) is 11.0 Å². The maximum Gasteiger partial charge on any atom is 0.185 e. The van der Waals surface area contributed by atoms with Crippen LogP contribution in [0.2, 0.25) is 0 Å². The third-order valence-corrected chi connectivity index (χ3v) is 2.09. The smallest absolute Gasteiger partial charge is 0.185 e. The van der Waals surface area contributed by atoms with Crippen molar-refractivity contribution in [3.8, 4) is 5.75 Å². The Morgan fingerprint density at radius 3 is 2.56 bits per heavy atom. The highest BCUT2D eigenvalue weighted by Crippen LogP contribution is 2.31. The SMILES string of the molecule is CN(C)c1c(OCCCN)ccc(F)c1F. The number of halogens is 2. The molecule has 0 bridgehead atoms. The fraction of sp³-hybridized carbons (Fsp3) is 0.455. The van der Waals surface area contributed by atoms with Gasteiger partial charge in [0, 0.05) is 14.1 Å². The molecule has 0 aromatic heterocycles. The Hall–Kier alpha value is -1.36. The number of hydrogen-bond donors (Lipinski definition) is 1.